The second kappa shape index (κ2) is 7.22. The summed E-state index contributed by atoms with van der Waals surface area (Å²) in [6.07, 6.45) is 0.718. The Hall–Kier alpha value is -0.160. The Labute approximate surface area is 99.0 Å². The number of nitrogens with one attached hydrogen (secondary N) is 1. The van der Waals surface area contributed by atoms with Crippen molar-refractivity contribution in [3.05, 3.63) is 0 Å². The third-order valence-corrected chi connectivity index (χ3v) is 2.91. The molecule has 16 heavy (non-hydrogen) atoms. The quantitative estimate of drug-likeness (QED) is 0.661. The van der Waals surface area contributed by atoms with Crippen LogP contribution in [0.5, 0.6) is 0 Å². The van der Waals surface area contributed by atoms with E-state index in [1.807, 2.05) is 0 Å². The zero-order valence-electron chi connectivity index (χ0n) is 10.8. The van der Waals surface area contributed by atoms with E-state index in [1.54, 1.807) is 7.11 Å². The van der Waals surface area contributed by atoms with Crippen LogP contribution >= 0.6 is 0 Å². The van der Waals surface area contributed by atoms with E-state index in [0.717, 1.165) is 39.2 Å². The lowest BCUT2D eigenvalue weighted by molar-refractivity contribution is 0.131. The summed E-state index contributed by atoms with van der Waals surface area (Å²) >= 11 is 0. The summed E-state index contributed by atoms with van der Waals surface area (Å²) in [6, 6.07) is 0.436. The molecule has 0 aliphatic carbocycles. The molecule has 2 unspecified atom stereocenters. The first-order valence-electron chi connectivity index (χ1n) is 6.24. The molecular formula is C12H26N2O2. The zero-order chi connectivity index (χ0) is 12.0. The molecule has 2 atom stereocenters. The van der Waals surface area contributed by atoms with E-state index in [-0.39, 0.29) is 6.10 Å². The molecule has 4 heteroatoms. The second-order valence-electron chi connectivity index (χ2n) is 5.14. The molecule has 0 aromatic heterocycles. The number of aliphatic hydroxyl groups excluding tert-OH is 1. The standard InChI is InChI=1S/C12H26N2O2/c1-10(2)8-14(4-5-16-3)9-11-6-12(15)7-13-11/h10-13,15H,4-9H2,1-3H3. The highest BCUT2D eigenvalue weighted by Crippen LogP contribution is 2.09. The van der Waals surface area contributed by atoms with Crippen molar-refractivity contribution < 1.29 is 9.84 Å². The molecule has 2 N–H and O–H groups in total. The van der Waals surface area contributed by atoms with Gasteiger partial charge in [-0.05, 0) is 12.3 Å². The Morgan fingerprint density at radius 2 is 2.25 bits per heavy atom. The van der Waals surface area contributed by atoms with Gasteiger partial charge < -0.3 is 15.2 Å². The SMILES string of the molecule is COCCN(CC(C)C)CC1CC(O)CN1. The number of β-amino-alcohol motifs (C(OH)–C–C–N with tert-alkyl or cyclic N) is 1. The molecule has 4 nitrogen and oxygen atoms in total. The van der Waals surface area contributed by atoms with Gasteiger partial charge in [0.05, 0.1) is 12.7 Å². The highest BCUT2D eigenvalue weighted by molar-refractivity contribution is 4.83. The van der Waals surface area contributed by atoms with Gasteiger partial charge in [-0.15, -0.1) is 0 Å². The van der Waals surface area contributed by atoms with Crippen LogP contribution in [0.1, 0.15) is 20.3 Å². The molecule has 1 heterocycles. The first-order valence-corrected chi connectivity index (χ1v) is 6.24. The van der Waals surface area contributed by atoms with Crippen molar-refractivity contribution in [3.8, 4) is 0 Å². The van der Waals surface area contributed by atoms with Crippen molar-refractivity contribution in [1.29, 1.82) is 0 Å². The van der Waals surface area contributed by atoms with Crippen molar-refractivity contribution in [1.82, 2.24) is 10.2 Å². The molecular weight excluding hydrogens is 204 g/mol. The fraction of sp³-hybridized carbons (Fsp3) is 1.00. The number of rotatable bonds is 7. The van der Waals surface area contributed by atoms with Crippen molar-refractivity contribution in [3.63, 3.8) is 0 Å². The Morgan fingerprint density at radius 3 is 2.75 bits per heavy atom. The van der Waals surface area contributed by atoms with Gasteiger partial charge in [0, 0.05) is 39.3 Å². The third-order valence-electron chi connectivity index (χ3n) is 2.91. The van der Waals surface area contributed by atoms with Crippen LogP contribution in [0, 0.1) is 5.92 Å². The minimum absolute atomic E-state index is 0.159. The lowest BCUT2D eigenvalue weighted by atomic mass is 10.1. The summed E-state index contributed by atoms with van der Waals surface area (Å²) in [5, 5.41) is 12.8. The van der Waals surface area contributed by atoms with E-state index in [4.69, 9.17) is 4.74 Å². The summed E-state index contributed by atoms with van der Waals surface area (Å²) in [4.78, 5) is 2.42. The van der Waals surface area contributed by atoms with Gasteiger partial charge in [-0.1, -0.05) is 13.8 Å². The number of hydrogen-bond acceptors (Lipinski definition) is 4. The molecule has 0 aromatic carbocycles. The molecule has 0 amide bonds. The lowest BCUT2D eigenvalue weighted by Gasteiger charge is -2.26. The number of methoxy groups -OCH3 is 1. The predicted molar refractivity (Wildman–Crippen MR) is 65.6 cm³/mol. The Bertz CT molecular complexity index is 188. The van der Waals surface area contributed by atoms with Gasteiger partial charge in [0.1, 0.15) is 0 Å². The van der Waals surface area contributed by atoms with E-state index >= 15 is 0 Å². The number of hydrogen-bond donors (Lipinski definition) is 2. The van der Waals surface area contributed by atoms with Crippen LogP contribution in [0.15, 0.2) is 0 Å². The molecule has 1 rings (SSSR count). The molecule has 0 aromatic rings. The summed E-state index contributed by atoms with van der Waals surface area (Å²) in [6.45, 7) is 9.07. The molecule has 0 saturated carbocycles. The Balaban J connectivity index is 2.30. The van der Waals surface area contributed by atoms with E-state index in [0.29, 0.717) is 12.0 Å². The van der Waals surface area contributed by atoms with Crippen LogP contribution in [0.3, 0.4) is 0 Å². The van der Waals surface area contributed by atoms with Gasteiger partial charge >= 0.3 is 0 Å². The summed E-state index contributed by atoms with van der Waals surface area (Å²) in [5.41, 5.74) is 0. The largest absolute Gasteiger partial charge is 0.392 e. The Kier molecular flexibility index (Phi) is 6.28. The van der Waals surface area contributed by atoms with E-state index < -0.39 is 0 Å². The van der Waals surface area contributed by atoms with Crippen molar-refractivity contribution >= 4 is 0 Å². The molecule has 1 aliphatic heterocycles. The number of nitrogens with zero attached hydrogens (tertiary/aromatic N) is 1. The second-order valence-corrected chi connectivity index (χ2v) is 5.14. The van der Waals surface area contributed by atoms with Gasteiger partial charge in [0.15, 0.2) is 0 Å². The minimum Gasteiger partial charge on any atom is -0.392 e. The number of ether oxygens (including phenoxy) is 1. The zero-order valence-corrected chi connectivity index (χ0v) is 10.8. The van der Waals surface area contributed by atoms with E-state index in [9.17, 15) is 5.11 Å². The van der Waals surface area contributed by atoms with Crippen LogP contribution in [0.25, 0.3) is 0 Å². The maximum absolute atomic E-state index is 9.46. The molecule has 96 valence electrons. The van der Waals surface area contributed by atoms with Crippen LogP contribution in [0.4, 0.5) is 0 Å². The van der Waals surface area contributed by atoms with Gasteiger partial charge in [-0.2, -0.15) is 0 Å². The van der Waals surface area contributed by atoms with E-state index in [1.165, 1.54) is 0 Å². The fourth-order valence-electron chi connectivity index (χ4n) is 2.24. The average Bonchev–Trinajstić information content (AvgIpc) is 2.59. The lowest BCUT2D eigenvalue weighted by Crippen LogP contribution is -2.40. The van der Waals surface area contributed by atoms with Crippen LogP contribution in [-0.4, -0.2) is 62.0 Å². The van der Waals surface area contributed by atoms with Crippen LogP contribution in [0.2, 0.25) is 0 Å². The fourth-order valence-corrected chi connectivity index (χ4v) is 2.24. The van der Waals surface area contributed by atoms with Gasteiger partial charge in [-0.25, -0.2) is 0 Å². The van der Waals surface area contributed by atoms with Gasteiger partial charge in [0.2, 0.25) is 0 Å². The molecule has 0 bridgehead atoms. The van der Waals surface area contributed by atoms with Gasteiger partial charge in [-0.3, -0.25) is 4.90 Å². The monoisotopic (exact) mass is 230 g/mol. The van der Waals surface area contributed by atoms with Crippen molar-refractivity contribution in [2.45, 2.75) is 32.4 Å². The highest BCUT2D eigenvalue weighted by Gasteiger charge is 2.23. The molecule has 0 spiro atoms. The minimum atomic E-state index is -0.159. The normalized spacial score (nSPS) is 25.9. The van der Waals surface area contributed by atoms with E-state index in [2.05, 4.69) is 24.1 Å². The smallest absolute Gasteiger partial charge is 0.0680 e. The topological polar surface area (TPSA) is 44.7 Å². The average molecular weight is 230 g/mol. The molecule has 1 saturated heterocycles. The summed E-state index contributed by atoms with van der Waals surface area (Å²) in [5.74, 6) is 0.670. The van der Waals surface area contributed by atoms with Crippen LogP contribution < -0.4 is 5.32 Å². The van der Waals surface area contributed by atoms with Crippen molar-refractivity contribution in [2.24, 2.45) is 5.92 Å². The van der Waals surface area contributed by atoms with Crippen LogP contribution in [-0.2, 0) is 4.74 Å². The molecule has 1 aliphatic rings. The van der Waals surface area contributed by atoms with Crippen molar-refractivity contribution in [2.75, 3.05) is 39.9 Å². The van der Waals surface area contributed by atoms with Gasteiger partial charge in [0.25, 0.3) is 0 Å². The molecule has 0 radical (unpaired) electrons. The summed E-state index contributed by atoms with van der Waals surface area (Å²) in [7, 11) is 1.74. The highest BCUT2D eigenvalue weighted by atomic mass is 16.5. The number of aliphatic hydroxyl groups is 1. The summed E-state index contributed by atoms with van der Waals surface area (Å²) < 4.78 is 5.13. The first kappa shape index (κ1) is 13.9. The predicted octanol–water partition coefficient (Wildman–Crippen LogP) is 0.314. The maximum atomic E-state index is 9.46. The maximum Gasteiger partial charge on any atom is 0.0680 e. The Morgan fingerprint density at radius 1 is 1.50 bits per heavy atom. The third kappa shape index (κ3) is 5.25. The first-order chi connectivity index (χ1) is 7.61. The molecule has 1 fully saturated rings.